The van der Waals surface area contributed by atoms with Crippen molar-refractivity contribution in [3.63, 3.8) is 0 Å². The van der Waals surface area contributed by atoms with Crippen molar-refractivity contribution < 1.29 is 24.1 Å². The molecule has 0 aliphatic heterocycles. The molecule has 0 heterocycles. The van der Waals surface area contributed by atoms with Crippen molar-refractivity contribution in [2.24, 2.45) is 0 Å². The first-order chi connectivity index (χ1) is 14.5. The van der Waals surface area contributed by atoms with Crippen LogP contribution in [0.5, 0.6) is 23.0 Å². The highest BCUT2D eigenvalue weighted by Crippen LogP contribution is 2.33. The quantitative estimate of drug-likeness (QED) is 0.375. The molecule has 7 nitrogen and oxygen atoms in total. The number of phenols is 1. The van der Waals surface area contributed by atoms with Gasteiger partial charge in [-0.05, 0) is 42.3 Å². The van der Waals surface area contributed by atoms with Crippen molar-refractivity contribution in [2.75, 3.05) is 21.3 Å². The zero-order valence-electron chi connectivity index (χ0n) is 17.2. The monoisotopic (exact) mass is 408 g/mol. The summed E-state index contributed by atoms with van der Waals surface area (Å²) in [5, 5.41) is 22.4. The summed E-state index contributed by atoms with van der Waals surface area (Å²) in [6, 6.07) is 10.4. The number of amides is 1. The van der Waals surface area contributed by atoms with Gasteiger partial charge in [-0.3, -0.25) is 4.79 Å². The van der Waals surface area contributed by atoms with Crippen LogP contribution in [-0.2, 0) is 17.8 Å². The van der Waals surface area contributed by atoms with Crippen LogP contribution in [0.4, 0.5) is 0 Å². The zero-order chi connectivity index (χ0) is 22.1. The summed E-state index contributed by atoms with van der Waals surface area (Å²) in [6.45, 7) is 3.84. The Balaban J connectivity index is 2.25. The number of nitrogens with one attached hydrogen (secondary N) is 1. The van der Waals surface area contributed by atoms with E-state index in [1.54, 1.807) is 43.5 Å². The molecule has 0 saturated carbocycles. The number of phenolic OH excluding ortho intramolecular Hbond substituents is 1. The van der Waals surface area contributed by atoms with Crippen molar-refractivity contribution in [1.82, 2.24) is 5.32 Å². The van der Waals surface area contributed by atoms with Crippen molar-refractivity contribution in [1.29, 1.82) is 5.26 Å². The van der Waals surface area contributed by atoms with Gasteiger partial charge in [0.05, 0.1) is 21.3 Å². The maximum absolute atomic E-state index is 12.5. The summed E-state index contributed by atoms with van der Waals surface area (Å²) in [4.78, 5) is 12.5. The lowest BCUT2D eigenvalue weighted by molar-refractivity contribution is -0.117. The van der Waals surface area contributed by atoms with Gasteiger partial charge < -0.3 is 24.6 Å². The topological polar surface area (TPSA) is 101 Å². The molecule has 0 atom stereocenters. The molecule has 2 aromatic rings. The maximum atomic E-state index is 12.5. The third-order valence-electron chi connectivity index (χ3n) is 4.37. The molecule has 0 unspecified atom stereocenters. The summed E-state index contributed by atoms with van der Waals surface area (Å²) < 4.78 is 15.7. The van der Waals surface area contributed by atoms with Crippen molar-refractivity contribution in [3.8, 4) is 29.1 Å². The van der Waals surface area contributed by atoms with Gasteiger partial charge in [-0.1, -0.05) is 6.08 Å². The van der Waals surface area contributed by atoms with E-state index in [1.807, 2.05) is 6.07 Å². The number of hydrogen-bond donors (Lipinski definition) is 2. The highest BCUT2D eigenvalue weighted by Gasteiger charge is 2.14. The van der Waals surface area contributed by atoms with Gasteiger partial charge in [0.25, 0.3) is 5.91 Å². The minimum atomic E-state index is -0.535. The summed E-state index contributed by atoms with van der Waals surface area (Å²) in [5.41, 5.74) is 1.79. The van der Waals surface area contributed by atoms with Crippen LogP contribution in [0.25, 0.3) is 6.08 Å². The number of carbonyl (C=O) groups is 1. The molecular weight excluding hydrogens is 384 g/mol. The van der Waals surface area contributed by atoms with Crippen LogP contribution in [0.2, 0.25) is 0 Å². The predicted octanol–water partition coefficient (Wildman–Crippen LogP) is 3.37. The van der Waals surface area contributed by atoms with Crippen molar-refractivity contribution in [3.05, 3.63) is 65.3 Å². The number of allylic oxidation sites excluding steroid dienone is 1. The van der Waals surface area contributed by atoms with E-state index in [-0.39, 0.29) is 23.6 Å². The van der Waals surface area contributed by atoms with E-state index < -0.39 is 5.91 Å². The van der Waals surface area contributed by atoms with Crippen molar-refractivity contribution >= 4 is 12.0 Å². The van der Waals surface area contributed by atoms with E-state index in [1.165, 1.54) is 20.3 Å². The molecule has 0 fully saturated rings. The Kier molecular flexibility index (Phi) is 7.89. The zero-order valence-corrected chi connectivity index (χ0v) is 17.2. The second-order valence-corrected chi connectivity index (χ2v) is 6.25. The summed E-state index contributed by atoms with van der Waals surface area (Å²) in [7, 11) is 4.51. The molecule has 2 rings (SSSR count). The second-order valence-electron chi connectivity index (χ2n) is 6.25. The largest absolute Gasteiger partial charge is 0.504 e. The predicted molar refractivity (Wildman–Crippen MR) is 114 cm³/mol. The Morgan fingerprint density at radius 3 is 2.47 bits per heavy atom. The second kappa shape index (κ2) is 10.6. The Labute approximate surface area is 175 Å². The molecule has 0 radical (unpaired) electrons. The molecule has 0 spiro atoms. The number of rotatable bonds is 9. The smallest absolute Gasteiger partial charge is 0.262 e. The first-order valence-electron chi connectivity index (χ1n) is 9.09. The third-order valence-corrected chi connectivity index (χ3v) is 4.37. The van der Waals surface area contributed by atoms with Gasteiger partial charge in [0, 0.05) is 23.7 Å². The van der Waals surface area contributed by atoms with Crippen LogP contribution in [-0.4, -0.2) is 32.3 Å². The van der Waals surface area contributed by atoms with Gasteiger partial charge in [0.15, 0.2) is 11.5 Å². The number of nitriles is 1. The SMILES string of the molecule is C=CCc1cc(/C=C(\C#N)C(=O)NCc2ccc(OC)cc2OC)cc(OC)c1O. The van der Waals surface area contributed by atoms with Crippen LogP contribution in [0.1, 0.15) is 16.7 Å². The molecule has 2 N–H and O–H groups in total. The molecule has 30 heavy (non-hydrogen) atoms. The molecule has 0 aliphatic carbocycles. The van der Waals surface area contributed by atoms with Crippen LogP contribution in [0.3, 0.4) is 0 Å². The van der Waals surface area contributed by atoms with E-state index in [2.05, 4.69) is 11.9 Å². The molecule has 0 bridgehead atoms. The standard InChI is InChI=1S/C23H24N2O5/c1-5-6-16-9-15(11-21(30-4)22(16)26)10-18(13-24)23(27)25-14-17-7-8-19(28-2)12-20(17)29-3/h5,7-12,26H,1,6,14H2,2-4H3,(H,25,27)/b18-10+. The normalized spacial score (nSPS) is 10.7. The van der Waals surface area contributed by atoms with Gasteiger partial charge in [-0.2, -0.15) is 5.26 Å². The highest BCUT2D eigenvalue weighted by molar-refractivity contribution is 6.01. The molecular formula is C23H24N2O5. The first kappa shape index (κ1) is 22.4. The molecule has 7 heteroatoms. The van der Waals surface area contributed by atoms with E-state index in [4.69, 9.17) is 14.2 Å². The fourth-order valence-electron chi connectivity index (χ4n) is 2.82. The Morgan fingerprint density at radius 2 is 1.87 bits per heavy atom. The molecule has 0 saturated heterocycles. The minimum Gasteiger partial charge on any atom is -0.504 e. The summed E-state index contributed by atoms with van der Waals surface area (Å²) >= 11 is 0. The van der Waals surface area contributed by atoms with Crippen LogP contribution >= 0.6 is 0 Å². The maximum Gasteiger partial charge on any atom is 0.262 e. The molecule has 1 amide bonds. The Morgan fingerprint density at radius 1 is 1.13 bits per heavy atom. The van der Waals surface area contributed by atoms with E-state index in [0.717, 1.165) is 5.56 Å². The van der Waals surface area contributed by atoms with Gasteiger partial charge in [-0.25, -0.2) is 0 Å². The minimum absolute atomic E-state index is 0.00381. The lowest BCUT2D eigenvalue weighted by Crippen LogP contribution is -2.24. The molecule has 0 aliphatic rings. The van der Waals surface area contributed by atoms with Crippen LogP contribution in [0.15, 0.2) is 48.6 Å². The number of ether oxygens (including phenoxy) is 3. The molecule has 156 valence electrons. The van der Waals surface area contributed by atoms with Gasteiger partial charge in [0.2, 0.25) is 0 Å². The average molecular weight is 408 g/mol. The number of hydrogen-bond acceptors (Lipinski definition) is 6. The number of aromatic hydroxyl groups is 1. The number of benzene rings is 2. The number of carbonyl (C=O) groups excluding carboxylic acids is 1. The summed E-state index contributed by atoms with van der Waals surface area (Å²) in [6.07, 6.45) is 3.49. The third kappa shape index (κ3) is 5.32. The lowest BCUT2D eigenvalue weighted by Gasteiger charge is -2.12. The fraction of sp³-hybridized carbons (Fsp3) is 0.217. The van der Waals surface area contributed by atoms with E-state index >= 15 is 0 Å². The fourth-order valence-corrected chi connectivity index (χ4v) is 2.82. The Hall–Kier alpha value is -3.92. The van der Waals surface area contributed by atoms with Crippen LogP contribution < -0.4 is 19.5 Å². The van der Waals surface area contributed by atoms with Gasteiger partial charge >= 0.3 is 0 Å². The van der Waals surface area contributed by atoms with Crippen LogP contribution in [0, 0.1) is 11.3 Å². The highest BCUT2D eigenvalue weighted by atomic mass is 16.5. The Bertz CT molecular complexity index is 1010. The average Bonchev–Trinajstić information content (AvgIpc) is 2.77. The van der Waals surface area contributed by atoms with E-state index in [9.17, 15) is 15.2 Å². The molecule has 2 aromatic carbocycles. The first-order valence-corrected chi connectivity index (χ1v) is 9.09. The number of nitrogens with zero attached hydrogens (tertiary/aromatic N) is 1. The molecule has 0 aromatic heterocycles. The number of methoxy groups -OCH3 is 3. The van der Waals surface area contributed by atoms with Gasteiger partial charge in [-0.15, -0.1) is 6.58 Å². The lowest BCUT2D eigenvalue weighted by atomic mass is 10.0. The summed E-state index contributed by atoms with van der Waals surface area (Å²) in [5.74, 6) is 0.920. The van der Waals surface area contributed by atoms with Gasteiger partial charge in [0.1, 0.15) is 23.1 Å². The van der Waals surface area contributed by atoms with E-state index in [0.29, 0.717) is 29.0 Å². The van der Waals surface area contributed by atoms with Crippen molar-refractivity contribution in [2.45, 2.75) is 13.0 Å².